The minimum absolute atomic E-state index is 0.212. The van der Waals surface area contributed by atoms with E-state index in [1.54, 1.807) is 0 Å². The third-order valence-corrected chi connectivity index (χ3v) is 4.07. The molecule has 0 fully saturated rings. The van der Waals surface area contributed by atoms with Crippen LogP contribution in [0, 0.1) is 0 Å². The number of hydrogen-bond donors (Lipinski definition) is 1. The Hall–Kier alpha value is -1.60. The van der Waals surface area contributed by atoms with Crippen LogP contribution in [-0.4, -0.2) is 0 Å². The van der Waals surface area contributed by atoms with E-state index in [0.717, 1.165) is 19.3 Å². The predicted octanol–water partition coefficient (Wildman–Crippen LogP) is 3.20. The number of hydrogen-bond acceptors (Lipinski definition) is 1. The van der Waals surface area contributed by atoms with Crippen LogP contribution in [0.1, 0.15) is 29.2 Å². The zero-order valence-corrected chi connectivity index (χ0v) is 10.8. The van der Waals surface area contributed by atoms with Gasteiger partial charge in [0.1, 0.15) is 0 Å². The predicted molar refractivity (Wildman–Crippen MR) is 75.5 cm³/mol. The minimum atomic E-state index is -0.212. The summed E-state index contributed by atoms with van der Waals surface area (Å²) >= 11 is 0. The monoisotopic (exact) mass is 237 g/mol. The summed E-state index contributed by atoms with van der Waals surface area (Å²) in [7, 11) is 0. The molecule has 92 valence electrons. The molecule has 2 N–H and O–H groups in total. The van der Waals surface area contributed by atoms with E-state index in [0.29, 0.717) is 0 Å². The Labute approximate surface area is 109 Å². The van der Waals surface area contributed by atoms with E-state index in [2.05, 4.69) is 55.5 Å². The average molecular weight is 237 g/mol. The fourth-order valence-electron chi connectivity index (χ4n) is 2.92. The van der Waals surface area contributed by atoms with Crippen LogP contribution in [0.2, 0.25) is 0 Å². The van der Waals surface area contributed by atoms with E-state index in [1.165, 1.54) is 22.3 Å². The van der Waals surface area contributed by atoms with Gasteiger partial charge in [0.15, 0.2) is 0 Å². The third kappa shape index (κ3) is 1.85. The van der Waals surface area contributed by atoms with Crippen LogP contribution >= 0.6 is 0 Å². The van der Waals surface area contributed by atoms with Crippen molar-refractivity contribution in [2.75, 3.05) is 0 Å². The van der Waals surface area contributed by atoms with E-state index in [-0.39, 0.29) is 5.54 Å². The van der Waals surface area contributed by atoms with E-state index in [4.69, 9.17) is 5.73 Å². The molecule has 18 heavy (non-hydrogen) atoms. The summed E-state index contributed by atoms with van der Waals surface area (Å²) in [6, 6.07) is 17.4. The molecule has 1 aliphatic rings. The van der Waals surface area contributed by atoms with E-state index >= 15 is 0 Å². The zero-order chi connectivity index (χ0) is 12.6. The van der Waals surface area contributed by atoms with Crippen LogP contribution in [-0.2, 0) is 24.8 Å². The molecule has 0 saturated heterocycles. The fraction of sp³-hybridized carbons (Fsp3) is 0.294. The summed E-state index contributed by atoms with van der Waals surface area (Å²) in [5.41, 5.74) is 11.8. The lowest BCUT2D eigenvalue weighted by atomic mass is 9.87. The van der Waals surface area contributed by atoms with Crippen molar-refractivity contribution in [1.82, 2.24) is 0 Å². The number of rotatable bonds is 2. The average Bonchev–Trinajstić information content (AvgIpc) is 2.76. The van der Waals surface area contributed by atoms with Crippen LogP contribution in [0.25, 0.3) is 0 Å². The first kappa shape index (κ1) is 11.5. The molecule has 1 aliphatic carbocycles. The molecule has 2 aromatic carbocycles. The van der Waals surface area contributed by atoms with Crippen LogP contribution < -0.4 is 5.73 Å². The first-order valence-corrected chi connectivity index (χ1v) is 6.66. The normalized spacial score (nSPS) is 16.6. The molecule has 0 aromatic heterocycles. The van der Waals surface area contributed by atoms with Crippen molar-refractivity contribution in [2.45, 2.75) is 31.7 Å². The number of aryl methyl sites for hydroxylation is 1. The Kier molecular flexibility index (Phi) is 2.71. The van der Waals surface area contributed by atoms with Crippen LogP contribution in [0.5, 0.6) is 0 Å². The van der Waals surface area contributed by atoms with Gasteiger partial charge in [0.25, 0.3) is 0 Å². The lowest BCUT2D eigenvalue weighted by molar-refractivity contribution is 0.473. The lowest BCUT2D eigenvalue weighted by Crippen LogP contribution is -2.37. The summed E-state index contributed by atoms with van der Waals surface area (Å²) in [5.74, 6) is 0. The first-order chi connectivity index (χ1) is 8.71. The smallest absolute Gasteiger partial charge is 0.0491 e. The topological polar surface area (TPSA) is 26.0 Å². The van der Waals surface area contributed by atoms with Gasteiger partial charge in [-0.15, -0.1) is 0 Å². The number of fused-ring (bicyclic) bond motifs is 1. The fourth-order valence-corrected chi connectivity index (χ4v) is 2.92. The van der Waals surface area contributed by atoms with Crippen LogP contribution in [0.3, 0.4) is 0 Å². The van der Waals surface area contributed by atoms with Crippen molar-refractivity contribution in [1.29, 1.82) is 0 Å². The summed E-state index contributed by atoms with van der Waals surface area (Å²) in [5, 5.41) is 0. The largest absolute Gasteiger partial charge is 0.321 e. The Morgan fingerprint density at radius 1 is 0.944 bits per heavy atom. The van der Waals surface area contributed by atoms with E-state index < -0.39 is 0 Å². The van der Waals surface area contributed by atoms with E-state index in [1.807, 2.05) is 0 Å². The molecule has 0 saturated carbocycles. The Balaban J connectivity index is 1.93. The molecule has 0 bridgehead atoms. The van der Waals surface area contributed by atoms with Gasteiger partial charge in [-0.2, -0.15) is 0 Å². The van der Waals surface area contributed by atoms with Crippen molar-refractivity contribution in [3.63, 3.8) is 0 Å². The van der Waals surface area contributed by atoms with E-state index in [9.17, 15) is 0 Å². The van der Waals surface area contributed by atoms with Gasteiger partial charge in [0.2, 0.25) is 0 Å². The van der Waals surface area contributed by atoms with Gasteiger partial charge in [-0.1, -0.05) is 55.5 Å². The molecule has 2 aromatic rings. The quantitative estimate of drug-likeness (QED) is 0.853. The highest BCUT2D eigenvalue weighted by Gasteiger charge is 2.34. The second kappa shape index (κ2) is 4.25. The molecule has 0 spiro atoms. The van der Waals surface area contributed by atoms with Crippen molar-refractivity contribution >= 4 is 0 Å². The summed E-state index contributed by atoms with van der Waals surface area (Å²) < 4.78 is 0. The summed E-state index contributed by atoms with van der Waals surface area (Å²) in [4.78, 5) is 0. The maximum Gasteiger partial charge on any atom is 0.0491 e. The third-order valence-electron chi connectivity index (χ3n) is 4.07. The van der Waals surface area contributed by atoms with Gasteiger partial charge in [-0.05, 0) is 41.5 Å². The molecule has 0 radical (unpaired) electrons. The van der Waals surface area contributed by atoms with Crippen LogP contribution in [0.4, 0.5) is 0 Å². The maximum absolute atomic E-state index is 6.62. The van der Waals surface area contributed by atoms with Gasteiger partial charge in [-0.25, -0.2) is 0 Å². The van der Waals surface area contributed by atoms with Gasteiger partial charge >= 0.3 is 0 Å². The minimum Gasteiger partial charge on any atom is -0.321 e. The molecule has 0 atom stereocenters. The van der Waals surface area contributed by atoms with Gasteiger partial charge in [0.05, 0.1) is 0 Å². The summed E-state index contributed by atoms with van der Waals surface area (Å²) in [6.07, 6.45) is 2.99. The van der Waals surface area contributed by atoms with Gasteiger partial charge < -0.3 is 5.73 Å². The summed E-state index contributed by atoms with van der Waals surface area (Å²) in [6.45, 7) is 2.18. The van der Waals surface area contributed by atoms with Crippen molar-refractivity contribution in [2.24, 2.45) is 5.73 Å². The Bertz CT molecular complexity index is 529. The standard InChI is InChI=1S/C17H19N/c1-2-13-7-9-16(10-8-13)17(18)11-14-5-3-4-6-15(14)12-17/h3-10H,2,11-12,18H2,1H3. The highest BCUT2D eigenvalue weighted by Crippen LogP contribution is 2.35. The van der Waals surface area contributed by atoms with Gasteiger partial charge in [-0.3, -0.25) is 0 Å². The van der Waals surface area contributed by atoms with Crippen molar-refractivity contribution in [3.05, 3.63) is 70.8 Å². The Morgan fingerprint density at radius 3 is 2.00 bits per heavy atom. The SMILES string of the molecule is CCc1ccc(C2(N)Cc3ccccc3C2)cc1. The lowest BCUT2D eigenvalue weighted by Gasteiger charge is -2.24. The zero-order valence-electron chi connectivity index (χ0n) is 10.8. The molecule has 1 nitrogen and oxygen atoms in total. The van der Waals surface area contributed by atoms with Crippen LogP contribution in [0.15, 0.2) is 48.5 Å². The molecular weight excluding hydrogens is 218 g/mol. The van der Waals surface area contributed by atoms with Gasteiger partial charge in [0, 0.05) is 5.54 Å². The number of nitrogens with two attached hydrogens (primary N) is 1. The van der Waals surface area contributed by atoms with Crippen molar-refractivity contribution < 1.29 is 0 Å². The maximum atomic E-state index is 6.62. The molecule has 0 heterocycles. The van der Waals surface area contributed by atoms with Crippen molar-refractivity contribution in [3.8, 4) is 0 Å². The molecule has 0 aliphatic heterocycles. The first-order valence-electron chi connectivity index (χ1n) is 6.66. The molecule has 1 heteroatoms. The number of benzene rings is 2. The molecule has 3 rings (SSSR count). The molecule has 0 unspecified atom stereocenters. The second-order valence-corrected chi connectivity index (χ2v) is 5.33. The highest BCUT2D eigenvalue weighted by molar-refractivity contribution is 5.41. The molecular formula is C17H19N. The second-order valence-electron chi connectivity index (χ2n) is 5.33. The molecule has 0 amide bonds. The Morgan fingerprint density at radius 2 is 1.50 bits per heavy atom. The highest BCUT2D eigenvalue weighted by atomic mass is 14.8.